The summed E-state index contributed by atoms with van der Waals surface area (Å²) in [7, 11) is 0. The standard InChI is InChI=1S/C26H32N4O3/c1-17(2)18-8-10-20(11-9-18)30-16-19-14-23-24(15-22(19)29-30)32-12-3-4-13-33-25-7-5-6-21(27-25)26(31)28-23/h5-7,14-18,20H,3-4,8-13H2,1-2H3,(H,28,31). The van der Waals surface area contributed by atoms with Gasteiger partial charge in [-0.05, 0) is 62.5 Å². The van der Waals surface area contributed by atoms with Crippen LogP contribution < -0.4 is 14.8 Å². The van der Waals surface area contributed by atoms with Crippen molar-refractivity contribution in [3.63, 3.8) is 0 Å². The summed E-state index contributed by atoms with van der Waals surface area (Å²) in [5.74, 6) is 2.38. The van der Waals surface area contributed by atoms with E-state index in [1.54, 1.807) is 18.2 Å². The Morgan fingerprint density at radius 2 is 1.85 bits per heavy atom. The van der Waals surface area contributed by atoms with E-state index in [0.29, 0.717) is 42.3 Å². The average molecular weight is 449 g/mol. The highest BCUT2D eigenvalue weighted by Crippen LogP contribution is 2.37. The van der Waals surface area contributed by atoms with Gasteiger partial charge in [-0.2, -0.15) is 5.10 Å². The van der Waals surface area contributed by atoms with Gasteiger partial charge in [-0.1, -0.05) is 19.9 Å². The quantitative estimate of drug-likeness (QED) is 0.550. The summed E-state index contributed by atoms with van der Waals surface area (Å²) in [6.07, 6.45) is 8.63. The molecule has 1 amide bonds. The number of aromatic nitrogens is 3. The Bertz CT molecular complexity index is 1130. The Hall–Kier alpha value is -3.09. The van der Waals surface area contributed by atoms with Gasteiger partial charge in [-0.15, -0.1) is 0 Å². The normalized spacial score (nSPS) is 21.7. The fraction of sp³-hybridized carbons (Fsp3) is 0.500. The Balaban J connectivity index is 1.43. The van der Waals surface area contributed by atoms with Crippen LogP contribution >= 0.6 is 0 Å². The lowest BCUT2D eigenvalue weighted by Gasteiger charge is -2.30. The average Bonchev–Trinajstić information content (AvgIpc) is 3.24. The first kappa shape index (κ1) is 21.7. The van der Waals surface area contributed by atoms with Crippen LogP contribution in [0, 0.1) is 11.8 Å². The number of anilines is 1. The van der Waals surface area contributed by atoms with Crippen molar-refractivity contribution in [1.29, 1.82) is 0 Å². The van der Waals surface area contributed by atoms with Gasteiger partial charge in [0, 0.05) is 23.7 Å². The van der Waals surface area contributed by atoms with Crippen LogP contribution in [0.25, 0.3) is 10.9 Å². The lowest BCUT2D eigenvalue weighted by atomic mass is 9.80. The molecule has 0 saturated heterocycles. The summed E-state index contributed by atoms with van der Waals surface area (Å²) >= 11 is 0. The number of nitrogens with one attached hydrogen (secondary N) is 1. The molecular weight excluding hydrogens is 416 g/mol. The van der Waals surface area contributed by atoms with Crippen molar-refractivity contribution in [2.75, 3.05) is 18.5 Å². The molecule has 174 valence electrons. The SMILES string of the molecule is CC(C)C1CCC(n2cc3cc4c(cc3n2)OCCCCOc2cccc(n2)C(=O)N4)CC1. The molecule has 2 aliphatic rings. The van der Waals surface area contributed by atoms with Crippen LogP contribution in [0.1, 0.15) is 68.9 Å². The van der Waals surface area contributed by atoms with Crippen LogP contribution in [-0.2, 0) is 0 Å². The minimum Gasteiger partial charge on any atom is -0.491 e. The first-order chi connectivity index (χ1) is 16.1. The highest BCUT2D eigenvalue weighted by Gasteiger charge is 2.25. The molecule has 1 aromatic carbocycles. The summed E-state index contributed by atoms with van der Waals surface area (Å²) < 4.78 is 13.9. The van der Waals surface area contributed by atoms with Crippen LogP contribution in [0.5, 0.6) is 11.6 Å². The second-order valence-corrected chi connectivity index (χ2v) is 9.55. The van der Waals surface area contributed by atoms with Crippen LogP contribution in [0.15, 0.2) is 36.5 Å². The molecule has 33 heavy (non-hydrogen) atoms. The van der Waals surface area contributed by atoms with Crippen molar-refractivity contribution < 1.29 is 14.3 Å². The fourth-order valence-corrected chi connectivity index (χ4v) is 4.88. The minimum atomic E-state index is -0.289. The monoisotopic (exact) mass is 448 g/mol. The van der Waals surface area contributed by atoms with Gasteiger partial charge in [0.25, 0.3) is 5.91 Å². The molecule has 1 N–H and O–H groups in total. The van der Waals surface area contributed by atoms with E-state index in [1.807, 2.05) is 12.1 Å². The number of fused-ring (bicyclic) bond motifs is 4. The molecule has 0 atom stereocenters. The Labute approximate surface area is 194 Å². The zero-order valence-electron chi connectivity index (χ0n) is 19.4. The smallest absolute Gasteiger partial charge is 0.274 e. The summed E-state index contributed by atoms with van der Waals surface area (Å²) in [5, 5.41) is 8.88. The topological polar surface area (TPSA) is 78.3 Å². The summed E-state index contributed by atoms with van der Waals surface area (Å²) in [5.41, 5.74) is 1.85. The van der Waals surface area contributed by atoms with Crippen LogP contribution in [0.4, 0.5) is 5.69 Å². The van der Waals surface area contributed by atoms with E-state index in [1.165, 1.54) is 12.8 Å². The molecule has 1 fully saturated rings. The number of nitrogens with zero attached hydrogens (tertiary/aromatic N) is 3. The predicted octanol–water partition coefficient (Wildman–Crippen LogP) is 5.62. The van der Waals surface area contributed by atoms with Gasteiger partial charge < -0.3 is 14.8 Å². The molecule has 7 heteroatoms. The van der Waals surface area contributed by atoms with E-state index in [-0.39, 0.29) is 5.91 Å². The van der Waals surface area contributed by atoms with Gasteiger partial charge in [0.15, 0.2) is 0 Å². The maximum Gasteiger partial charge on any atom is 0.274 e. The third-order valence-corrected chi connectivity index (χ3v) is 6.93. The number of benzene rings is 1. The maximum absolute atomic E-state index is 12.9. The number of rotatable bonds is 2. The Morgan fingerprint density at radius 3 is 2.64 bits per heavy atom. The number of amides is 1. The number of ether oxygens (including phenoxy) is 2. The van der Waals surface area contributed by atoms with E-state index in [4.69, 9.17) is 14.6 Å². The molecule has 1 aliphatic carbocycles. The van der Waals surface area contributed by atoms with Gasteiger partial charge in [-0.3, -0.25) is 9.48 Å². The molecule has 2 bridgehead atoms. The fourth-order valence-electron chi connectivity index (χ4n) is 4.88. The molecule has 5 rings (SSSR count). The zero-order chi connectivity index (χ0) is 22.8. The highest BCUT2D eigenvalue weighted by atomic mass is 16.5. The molecule has 3 aromatic rings. The van der Waals surface area contributed by atoms with Crippen molar-refractivity contribution in [1.82, 2.24) is 14.8 Å². The number of carbonyl (C=O) groups is 1. The highest BCUT2D eigenvalue weighted by molar-refractivity contribution is 6.05. The van der Waals surface area contributed by atoms with Gasteiger partial charge in [0.05, 0.1) is 30.5 Å². The van der Waals surface area contributed by atoms with E-state index < -0.39 is 0 Å². The van der Waals surface area contributed by atoms with E-state index in [9.17, 15) is 4.79 Å². The first-order valence-corrected chi connectivity index (χ1v) is 12.1. The van der Waals surface area contributed by atoms with Crippen molar-refractivity contribution in [2.24, 2.45) is 11.8 Å². The Kier molecular flexibility index (Phi) is 6.20. The van der Waals surface area contributed by atoms with Crippen LogP contribution in [-0.4, -0.2) is 33.9 Å². The molecule has 2 aromatic heterocycles. The van der Waals surface area contributed by atoms with Crippen molar-refractivity contribution >= 4 is 22.5 Å². The minimum absolute atomic E-state index is 0.289. The number of carbonyl (C=O) groups excluding carboxylic acids is 1. The third kappa shape index (κ3) is 4.82. The van der Waals surface area contributed by atoms with Crippen molar-refractivity contribution in [2.45, 2.75) is 58.4 Å². The predicted molar refractivity (Wildman–Crippen MR) is 128 cm³/mol. The van der Waals surface area contributed by atoms with Gasteiger partial charge in [0.2, 0.25) is 5.88 Å². The molecule has 0 unspecified atom stereocenters. The van der Waals surface area contributed by atoms with Gasteiger partial charge in [-0.25, -0.2) is 4.98 Å². The van der Waals surface area contributed by atoms with Crippen LogP contribution in [0.2, 0.25) is 0 Å². The largest absolute Gasteiger partial charge is 0.491 e. The number of hydrogen-bond donors (Lipinski definition) is 1. The van der Waals surface area contributed by atoms with Crippen molar-refractivity contribution in [3.8, 4) is 11.6 Å². The van der Waals surface area contributed by atoms with Crippen LogP contribution in [0.3, 0.4) is 0 Å². The third-order valence-electron chi connectivity index (χ3n) is 6.93. The number of hydrogen-bond acceptors (Lipinski definition) is 5. The molecule has 7 nitrogen and oxygen atoms in total. The van der Waals surface area contributed by atoms with Gasteiger partial charge in [0.1, 0.15) is 11.4 Å². The maximum atomic E-state index is 12.9. The molecule has 1 saturated carbocycles. The molecular formula is C26H32N4O3. The molecule has 0 spiro atoms. The van der Waals surface area contributed by atoms with Crippen molar-refractivity contribution in [3.05, 3.63) is 42.2 Å². The van der Waals surface area contributed by atoms with E-state index in [2.05, 4.69) is 35.0 Å². The molecule has 0 radical (unpaired) electrons. The lowest BCUT2D eigenvalue weighted by molar-refractivity contribution is 0.102. The zero-order valence-corrected chi connectivity index (χ0v) is 19.4. The van der Waals surface area contributed by atoms with Gasteiger partial charge >= 0.3 is 0 Å². The molecule has 3 heterocycles. The lowest BCUT2D eigenvalue weighted by Crippen LogP contribution is -2.21. The first-order valence-electron chi connectivity index (χ1n) is 12.1. The summed E-state index contributed by atoms with van der Waals surface area (Å²) in [6, 6.07) is 9.59. The summed E-state index contributed by atoms with van der Waals surface area (Å²) in [4.78, 5) is 17.3. The molecule has 1 aliphatic heterocycles. The van der Waals surface area contributed by atoms with E-state index in [0.717, 1.165) is 48.4 Å². The summed E-state index contributed by atoms with van der Waals surface area (Å²) in [6.45, 7) is 5.73. The number of pyridine rings is 1. The second kappa shape index (κ2) is 9.41. The van der Waals surface area contributed by atoms with E-state index >= 15 is 0 Å². The Morgan fingerprint density at radius 1 is 1.06 bits per heavy atom. The second-order valence-electron chi connectivity index (χ2n) is 9.55.